The molecule has 4 aliphatic rings. The average Bonchev–Trinajstić information content (AvgIpc) is 3.37. The number of hydrogen-bond acceptors (Lipinski definition) is 2. The van der Waals surface area contributed by atoms with Gasteiger partial charge < -0.3 is 4.90 Å². The smallest absolute Gasteiger partial charge is 0.159 e. The predicted molar refractivity (Wildman–Crippen MR) is 121 cm³/mol. The molecular weight excluding hydrogens is 422 g/mol. The van der Waals surface area contributed by atoms with E-state index in [0.717, 1.165) is 29.4 Å². The number of halogens is 1. The molecule has 0 N–H and O–H groups in total. The van der Waals surface area contributed by atoms with Crippen LogP contribution in [0.3, 0.4) is 0 Å². The van der Waals surface area contributed by atoms with Gasteiger partial charge in [-0.3, -0.25) is 4.79 Å². The standard InChI is InChI=1S/C26H24BrNO/c1-15(29)18-12-23-20-8-3-6-17(20)14-28-25(16-5-2-7-19(27)11-16)22-10-4-9-21(22)24(13-18)26(23)28/h2-5,7-9,11-13,17,20-22,25H,6,10,14H2,1H3/t17-,20+,21-,22-,25+/m1/s1. The van der Waals surface area contributed by atoms with E-state index in [1.165, 1.54) is 22.4 Å². The topological polar surface area (TPSA) is 20.3 Å². The summed E-state index contributed by atoms with van der Waals surface area (Å²) in [5, 5.41) is 0. The third kappa shape index (κ3) is 2.56. The maximum absolute atomic E-state index is 12.4. The molecule has 146 valence electrons. The average molecular weight is 446 g/mol. The summed E-state index contributed by atoms with van der Waals surface area (Å²) in [6, 6.07) is 13.6. The molecule has 2 nitrogen and oxygen atoms in total. The fraction of sp³-hybridized carbons (Fsp3) is 0.346. The number of hydrogen-bond donors (Lipinski definition) is 0. The van der Waals surface area contributed by atoms with Crippen molar-refractivity contribution in [2.75, 3.05) is 11.4 Å². The van der Waals surface area contributed by atoms with Gasteiger partial charge in [-0.2, -0.15) is 0 Å². The van der Waals surface area contributed by atoms with Gasteiger partial charge in [0.1, 0.15) is 0 Å². The van der Waals surface area contributed by atoms with Gasteiger partial charge in [0.2, 0.25) is 0 Å². The van der Waals surface area contributed by atoms with Crippen LogP contribution in [0.4, 0.5) is 5.69 Å². The lowest BCUT2D eigenvalue weighted by Gasteiger charge is -2.51. The summed E-state index contributed by atoms with van der Waals surface area (Å²) in [5.74, 6) is 2.15. The molecule has 0 bridgehead atoms. The number of rotatable bonds is 2. The first-order valence-electron chi connectivity index (χ1n) is 10.7. The fourth-order valence-corrected chi connectivity index (χ4v) is 6.67. The number of fused-ring (bicyclic) bond motifs is 4. The van der Waals surface area contributed by atoms with Crippen molar-refractivity contribution >= 4 is 27.4 Å². The minimum absolute atomic E-state index is 0.173. The van der Waals surface area contributed by atoms with Gasteiger partial charge in [0.05, 0.1) is 6.04 Å². The van der Waals surface area contributed by atoms with Crippen molar-refractivity contribution in [3.63, 3.8) is 0 Å². The number of allylic oxidation sites excluding steroid dienone is 4. The zero-order chi connectivity index (χ0) is 19.7. The summed E-state index contributed by atoms with van der Waals surface area (Å²) in [6.45, 7) is 2.80. The van der Waals surface area contributed by atoms with Crippen LogP contribution in [0.2, 0.25) is 0 Å². The van der Waals surface area contributed by atoms with Gasteiger partial charge in [-0.05, 0) is 72.6 Å². The quantitative estimate of drug-likeness (QED) is 0.385. The largest absolute Gasteiger partial charge is 0.363 e. The molecule has 0 spiro atoms. The summed E-state index contributed by atoms with van der Waals surface area (Å²) in [6.07, 6.45) is 11.7. The third-order valence-corrected chi connectivity index (χ3v) is 7.94. The molecule has 3 heteroatoms. The number of Topliss-reactive ketones (excluding diaryl/α,β-unsaturated/α-hetero) is 1. The summed E-state index contributed by atoms with van der Waals surface area (Å²) < 4.78 is 1.15. The van der Waals surface area contributed by atoms with E-state index in [9.17, 15) is 4.79 Å². The molecule has 0 unspecified atom stereocenters. The first-order chi connectivity index (χ1) is 14.1. The summed E-state index contributed by atoms with van der Waals surface area (Å²) >= 11 is 3.69. The van der Waals surface area contributed by atoms with E-state index in [1.54, 1.807) is 6.92 Å². The molecule has 2 aliphatic heterocycles. The van der Waals surface area contributed by atoms with Crippen molar-refractivity contribution < 1.29 is 4.79 Å². The SMILES string of the molecule is CC(=O)c1cc2c3c(c1)[C@@H]1C=CC[C@H]1[C@H](c1cccc(Br)c1)N3C[C@H]1CC=C[C@H]21. The normalized spacial score (nSPS) is 30.8. The molecule has 0 aromatic heterocycles. The van der Waals surface area contributed by atoms with Gasteiger partial charge in [-0.25, -0.2) is 0 Å². The van der Waals surface area contributed by atoms with Gasteiger partial charge >= 0.3 is 0 Å². The second-order valence-corrected chi connectivity index (χ2v) is 9.93. The maximum atomic E-state index is 12.4. The Hall–Kier alpha value is -2.13. The Labute approximate surface area is 180 Å². The molecule has 2 heterocycles. The lowest BCUT2D eigenvalue weighted by atomic mass is 9.70. The highest BCUT2D eigenvalue weighted by molar-refractivity contribution is 9.10. The molecule has 0 saturated carbocycles. The second kappa shape index (κ2) is 6.43. The Bertz CT molecular complexity index is 1070. The van der Waals surface area contributed by atoms with E-state index < -0.39 is 0 Å². The van der Waals surface area contributed by atoms with Crippen molar-refractivity contribution in [3.8, 4) is 0 Å². The minimum atomic E-state index is 0.173. The summed E-state index contributed by atoms with van der Waals surface area (Å²) in [4.78, 5) is 15.0. The monoisotopic (exact) mass is 445 g/mol. The van der Waals surface area contributed by atoms with Crippen molar-refractivity contribution in [2.24, 2.45) is 11.8 Å². The number of benzene rings is 2. The maximum Gasteiger partial charge on any atom is 0.159 e. The molecule has 0 saturated heterocycles. The summed E-state index contributed by atoms with van der Waals surface area (Å²) in [5.41, 5.74) is 6.42. The Kier molecular flexibility index (Phi) is 3.93. The highest BCUT2D eigenvalue weighted by Gasteiger charge is 2.47. The van der Waals surface area contributed by atoms with E-state index in [2.05, 4.69) is 81.5 Å². The fourth-order valence-electron chi connectivity index (χ4n) is 6.25. The van der Waals surface area contributed by atoms with Crippen LogP contribution in [0.1, 0.15) is 64.7 Å². The second-order valence-electron chi connectivity index (χ2n) is 9.01. The molecule has 2 aliphatic carbocycles. The lowest BCUT2D eigenvalue weighted by molar-refractivity contribution is 0.101. The van der Waals surface area contributed by atoms with Gasteiger partial charge in [0.15, 0.2) is 5.78 Å². The molecule has 6 rings (SSSR count). The van der Waals surface area contributed by atoms with Crippen molar-refractivity contribution in [2.45, 2.75) is 37.6 Å². The Balaban J connectivity index is 1.61. The van der Waals surface area contributed by atoms with E-state index in [4.69, 9.17) is 0 Å². The number of carbonyl (C=O) groups is 1. The number of nitrogens with zero attached hydrogens (tertiary/aromatic N) is 1. The van der Waals surface area contributed by atoms with Gasteiger partial charge in [-0.15, -0.1) is 0 Å². The van der Waals surface area contributed by atoms with Crippen LogP contribution < -0.4 is 4.90 Å². The van der Waals surface area contributed by atoms with E-state index in [-0.39, 0.29) is 5.78 Å². The molecule has 5 atom stereocenters. The predicted octanol–water partition coefficient (Wildman–Crippen LogP) is 6.55. The lowest BCUT2D eigenvalue weighted by Crippen LogP contribution is -2.46. The molecular formula is C26H24BrNO. The minimum Gasteiger partial charge on any atom is -0.363 e. The molecule has 2 aromatic rings. The van der Waals surface area contributed by atoms with Crippen LogP contribution in [0.5, 0.6) is 0 Å². The van der Waals surface area contributed by atoms with Crippen LogP contribution >= 0.6 is 15.9 Å². The Morgan fingerprint density at radius 2 is 1.79 bits per heavy atom. The first-order valence-corrected chi connectivity index (χ1v) is 11.5. The van der Waals surface area contributed by atoms with Crippen LogP contribution in [0.25, 0.3) is 0 Å². The van der Waals surface area contributed by atoms with Crippen LogP contribution in [-0.2, 0) is 0 Å². The zero-order valence-electron chi connectivity index (χ0n) is 16.5. The molecule has 0 fully saturated rings. The Morgan fingerprint density at radius 3 is 2.59 bits per heavy atom. The van der Waals surface area contributed by atoms with E-state index in [1.807, 2.05) is 0 Å². The highest BCUT2D eigenvalue weighted by Crippen LogP contribution is 2.59. The van der Waals surface area contributed by atoms with Crippen LogP contribution in [0, 0.1) is 11.8 Å². The number of anilines is 1. The zero-order valence-corrected chi connectivity index (χ0v) is 18.1. The third-order valence-electron chi connectivity index (χ3n) is 7.45. The van der Waals surface area contributed by atoms with Crippen molar-refractivity contribution in [1.82, 2.24) is 0 Å². The van der Waals surface area contributed by atoms with Gasteiger partial charge in [0.25, 0.3) is 0 Å². The van der Waals surface area contributed by atoms with Crippen molar-refractivity contribution in [1.29, 1.82) is 0 Å². The van der Waals surface area contributed by atoms with Gasteiger partial charge in [0, 0.05) is 34.1 Å². The molecule has 0 amide bonds. The number of carbonyl (C=O) groups excluding carboxylic acids is 1. The van der Waals surface area contributed by atoms with E-state index >= 15 is 0 Å². The molecule has 29 heavy (non-hydrogen) atoms. The first kappa shape index (κ1) is 17.7. The van der Waals surface area contributed by atoms with Crippen molar-refractivity contribution in [3.05, 3.63) is 87.4 Å². The van der Waals surface area contributed by atoms with Crippen LogP contribution in [-0.4, -0.2) is 12.3 Å². The molecule has 2 aromatic carbocycles. The summed E-state index contributed by atoms with van der Waals surface area (Å²) in [7, 11) is 0. The highest BCUT2D eigenvalue weighted by atomic mass is 79.9. The molecule has 0 radical (unpaired) electrons. The van der Waals surface area contributed by atoms with Crippen LogP contribution in [0.15, 0.2) is 65.2 Å². The number of ketones is 1. The van der Waals surface area contributed by atoms with E-state index in [0.29, 0.717) is 29.7 Å². The van der Waals surface area contributed by atoms with Gasteiger partial charge in [-0.1, -0.05) is 52.4 Å². The Morgan fingerprint density at radius 1 is 1.03 bits per heavy atom.